The second-order valence-corrected chi connectivity index (χ2v) is 7.16. The zero-order valence-corrected chi connectivity index (χ0v) is 15.1. The van der Waals surface area contributed by atoms with Crippen molar-refractivity contribution in [3.63, 3.8) is 0 Å². The van der Waals surface area contributed by atoms with Gasteiger partial charge in [-0.25, -0.2) is 4.79 Å². The predicted octanol–water partition coefficient (Wildman–Crippen LogP) is 3.64. The molecule has 0 N–H and O–H groups in total. The second-order valence-electron chi connectivity index (χ2n) is 7.16. The molecule has 6 nitrogen and oxygen atoms in total. The number of hydrogen-bond donors (Lipinski definition) is 0. The van der Waals surface area contributed by atoms with Crippen LogP contribution in [-0.4, -0.2) is 35.0 Å². The van der Waals surface area contributed by atoms with E-state index in [0.29, 0.717) is 42.9 Å². The van der Waals surface area contributed by atoms with E-state index in [1.54, 1.807) is 17.0 Å². The summed E-state index contributed by atoms with van der Waals surface area (Å²) in [4.78, 5) is 26.8. The molecule has 2 aliphatic rings. The molecule has 0 unspecified atom stereocenters. The summed E-state index contributed by atoms with van der Waals surface area (Å²) in [6, 6.07) is 18.7. The van der Waals surface area contributed by atoms with E-state index in [1.165, 1.54) is 0 Å². The molecule has 1 spiro atoms. The zero-order chi connectivity index (χ0) is 19.1. The largest absolute Gasteiger partial charge is 0.450 e. The van der Waals surface area contributed by atoms with Crippen LogP contribution in [0.4, 0.5) is 0 Å². The first-order valence-electron chi connectivity index (χ1n) is 9.31. The topological polar surface area (TPSA) is 72.6 Å². The van der Waals surface area contributed by atoms with E-state index in [1.807, 2.05) is 48.5 Å². The number of esters is 1. The van der Waals surface area contributed by atoms with Crippen LogP contribution in [0.3, 0.4) is 0 Å². The number of hydrogen-bond acceptors (Lipinski definition) is 5. The fraction of sp³-hybridized carbons (Fsp3) is 0.227. The molecular formula is C22H18N2O4. The van der Waals surface area contributed by atoms with Crippen molar-refractivity contribution in [1.29, 1.82) is 0 Å². The molecule has 1 fully saturated rings. The molecule has 3 heterocycles. The molecule has 140 valence electrons. The second kappa shape index (κ2) is 6.34. The minimum Gasteiger partial charge on any atom is -0.450 e. The molecule has 6 heteroatoms. The average molecular weight is 374 g/mol. The van der Waals surface area contributed by atoms with Crippen molar-refractivity contribution in [1.82, 2.24) is 10.1 Å². The van der Waals surface area contributed by atoms with Crippen molar-refractivity contribution >= 4 is 11.9 Å². The Bertz CT molecular complexity index is 1050. The van der Waals surface area contributed by atoms with Gasteiger partial charge in [0, 0.05) is 43.1 Å². The summed E-state index contributed by atoms with van der Waals surface area (Å²) >= 11 is 0. The summed E-state index contributed by atoms with van der Waals surface area (Å²) in [5.74, 6) is 0.119. The number of benzene rings is 2. The van der Waals surface area contributed by atoms with Crippen molar-refractivity contribution in [2.45, 2.75) is 18.4 Å². The van der Waals surface area contributed by atoms with Crippen LogP contribution in [0.1, 0.15) is 39.3 Å². The molecule has 2 aromatic carbocycles. The molecule has 0 radical (unpaired) electrons. The quantitative estimate of drug-likeness (QED) is 0.640. The minimum absolute atomic E-state index is 0.168. The Balaban J connectivity index is 1.32. The van der Waals surface area contributed by atoms with Crippen LogP contribution in [0, 0.1) is 0 Å². The van der Waals surface area contributed by atoms with Crippen molar-refractivity contribution in [3.05, 3.63) is 77.5 Å². The predicted molar refractivity (Wildman–Crippen MR) is 101 cm³/mol. The Morgan fingerprint density at radius 3 is 2.50 bits per heavy atom. The van der Waals surface area contributed by atoms with Gasteiger partial charge in [0.1, 0.15) is 5.60 Å². The Labute approximate surface area is 161 Å². The molecule has 5 rings (SSSR count). The summed E-state index contributed by atoms with van der Waals surface area (Å²) in [6.07, 6.45) is 1.15. The van der Waals surface area contributed by atoms with E-state index < -0.39 is 5.60 Å². The van der Waals surface area contributed by atoms with Crippen LogP contribution in [-0.2, 0) is 10.3 Å². The van der Waals surface area contributed by atoms with Gasteiger partial charge in [0.2, 0.25) is 0 Å². The van der Waals surface area contributed by atoms with Gasteiger partial charge in [-0.3, -0.25) is 4.79 Å². The number of fused-ring (bicyclic) bond motifs is 2. The average Bonchev–Trinajstić information content (AvgIpc) is 3.34. The monoisotopic (exact) mass is 374 g/mol. The van der Waals surface area contributed by atoms with E-state index in [0.717, 1.165) is 11.1 Å². The van der Waals surface area contributed by atoms with Gasteiger partial charge in [0.15, 0.2) is 11.5 Å². The summed E-state index contributed by atoms with van der Waals surface area (Å²) in [5, 5.41) is 3.95. The molecule has 0 bridgehead atoms. The molecule has 0 saturated carbocycles. The molecule has 1 amide bonds. The number of piperidine rings is 1. The lowest BCUT2D eigenvalue weighted by Crippen LogP contribution is -2.45. The third-order valence-electron chi connectivity index (χ3n) is 5.57. The van der Waals surface area contributed by atoms with Crippen LogP contribution in [0.25, 0.3) is 11.3 Å². The van der Waals surface area contributed by atoms with Crippen LogP contribution in [0.2, 0.25) is 0 Å². The van der Waals surface area contributed by atoms with Crippen LogP contribution in [0.5, 0.6) is 0 Å². The standard InChI is InChI=1S/C22H18N2O4/c25-20(18-14-19(28-23-18)15-6-2-1-3-7-15)24-12-10-22(11-13-24)17-9-5-4-8-16(17)21(26)27-22/h1-9,14H,10-13H2. The third-order valence-corrected chi connectivity index (χ3v) is 5.57. The SMILES string of the molecule is O=C1OC2(CCN(C(=O)c3cc(-c4ccccc4)on3)CC2)c2ccccc21. The Kier molecular flexibility index (Phi) is 3.79. The van der Waals surface area contributed by atoms with E-state index in [2.05, 4.69) is 5.16 Å². The highest BCUT2D eigenvalue weighted by Gasteiger charge is 2.47. The van der Waals surface area contributed by atoms with E-state index in [9.17, 15) is 9.59 Å². The first-order chi connectivity index (χ1) is 13.7. The minimum atomic E-state index is -0.622. The first kappa shape index (κ1) is 16.7. The first-order valence-corrected chi connectivity index (χ1v) is 9.31. The number of nitrogens with zero attached hydrogens (tertiary/aromatic N) is 2. The van der Waals surface area contributed by atoms with Crippen LogP contribution < -0.4 is 0 Å². The van der Waals surface area contributed by atoms with Gasteiger partial charge in [0.05, 0.1) is 5.56 Å². The van der Waals surface area contributed by atoms with E-state index in [4.69, 9.17) is 9.26 Å². The maximum atomic E-state index is 12.9. The van der Waals surface area contributed by atoms with Gasteiger partial charge in [-0.15, -0.1) is 0 Å². The van der Waals surface area contributed by atoms with Gasteiger partial charge in [-0.1, -0.05) is 53.7 Å². The summed E-state index contributed by atoms with van der Waals surface area (Å²) in [7, 11) is 0. The van der Waals surface area contributed by atoms with E-state index >= 15 is 0 Å². The molecule has 0 aliphatic carbocycles. The fourth-order valence-corrected chi connectivity index (χ4v) is 4.06. The van der Waals surface area contributed by atoms with Crippen molar-refractivity contribution in [2.75, 3.05) is 13.1 Å². The van der Waals surface area contributed by atoms with Gasteiger partial charge in [-0.2, -0.15) is 0 Å². The molecule has 1 aromatic heterocycles. The van der Waals surface area contributed by atoms with Crippen LogP contribution >= 0.6 is 0 Å². The third kappa shape index (κ3) is 2.60. The Hall–Kier alpha value is -3.41. The van der Waals surface area contributed by atoms with Crippen molar-refractivity contribution < 1.29 is 18.8 Å². The molecular weight excluding hydrogens is 356 g/mol. The highest BCUT2D eigenvalue weighted by atomic mass is 16.6. The number of likely N-dealkylation sites (tertiary alicyclic amines) is 1. The number of amides is 1. The number of carbonyl (C=O) groups is 2. The molecule has 2 aliphatic heterocycles. The van der Waals surface area contributed by atoms with Gasteiger partial charge >= 0.3 is 5.97 Å². The number of carbonyl (C=O) groups excluding carboxylic acids is 2. The molecule has 1 saturated heterocycles. The van der Waals surface area contributed by atoms with Crippen molar-refractivity contribution in [3.8, 4) is 11.3 Å². The Morgan fingerprint density at radius 1 is 1.00 bits per heavy atom. The van der Waals surface area contributed by atoms with Gasteiger partial charge in [0.25, 0.3) is 5.91 Å². The maximum Gasteiger partial charge on any atom is 0.339 e. The number of aromatic nitrogens is 1. The normalized spacial score (nSPS) is 17.4. The molecule has 3 aromatic rings. The maximum absolute atomic E-state index is 12.9. The highest BCUT2D eigenvalue weighted by Crippen LogP contribution is 2.44. The highest BCUT2D eigenvalue weighted by molar-refractivity contribution is 5.95. The van der Waals surface area contributed by atoms with Gasteiger partial charge < -0.3 is 14.2 Å². The Morgan fingerprint density at radius 2 is 1.71 bits per heavy atom. The summed E-state index contributed by atoms with van der Waals surface area (Å²) in [5.41, 5.74) is 2.11. The molecule has 28 heavy (non-hydrogen) atoms. The smallest absolute Gasteiger partial charge is 0.339 e. The lowest BCUT2D eigenvalue weighted by atomic mass is 9.83. The summed E-state index contributed by atoms with van der Waals surface area (Å²) < 4.78 is 11.1. The number of rotatable bonds is 2. The van der Waals surface area contributed by atoms with Crippen molar-refractivity contribution in [2.24, 2.45) is 0 Å². The van der Waals surface area contributed by atoms with E-state index in [-0.39, 0.29) is 11.9 Å². The van der Waals surface area contributed by atoms with Gasteiger partial charge in [-0.05, 0) is 6.07 Å². The van der Waals surface area contributed by atoms with Crippen LogP contribution in [0.15, 0.2) is 65.2 Å². The lowest BCUT2D eigenvalue weighted by Gasteiger charge is -2.38. The summed E-state index contributed by atoms with van der Waals surface area (Å²) in [6.45, 7) is 0.988. The molecule has 0 atom stereocenters. The lowest BCUT2D eigenvalue weighted by molar-refractivity contribution is -0.0390. The fourth-order valence-electron chi connectivity index (χ4n) is 4.06. The number of ether oxygens (including phenoxy) is 1. The zero-order valence-electron chi connectivity index (χ0n) is 15.1.